The van der Waals surface area contributed by atoms with Crippen LogP contribution >= 0.6 is 0 Å². The topological polar surface area (TPSA) is 89.9 Å². The quantitative estimate of drug-likeness (QED) is 0.695. The average molecular weight is 368 g/mol. The van der Waals surface area contributed by atoms with Gasteiger partial charge in [-0.3, -0.25) is 14.4 Å². The molecule has 2 aliphatic carbocycles. The molecule has 0 spiro atoms. The summed E-state index contributed by atoms with van der Waals surface area (Å²) in [7, 11) is 2.81. The number of aliphatic hydroxyl groups is 1. The molecule has 0 atom stereocenters. The Morgan fingerprint density at radius 1 is 0.963 bits per heavy atom. The Balaban J connectivity index is 1.95. The normalized spacial score (nSPS) is 20.0. The molecule has 0 unspecified atom stereocenters. The van der Waals surface area contributed by atoms with Crippen molar-refractivity contribution in [3.8, 4) is 0 Å². The zero-order chi connectivity index (χ0) is 19.8. The number of hydrogen-bond acceptors (Lipinski definition) is 6. The van der Waals surface area contributed by atoms with Gasteiger partial charge in [-0.05, 0) is 41.5 Å². The van der Waals surface area contributed by atoms with Crippen LogP contribution < -0.4 is 0 Å². The second-order valence-electron chi connectivity index (χ2n) is 5.77. The maximum atomic E-state index is 12.0. The van der Waals surface area contributed by atoms with E-state index in [0.717, 1.165) is 0 Å². The van der Waals surface area contributed by atoms with Gasteiger partial charge in [0.15, 0.2) is 11.5 Å². The molecular weight excluding hydrogens is 348 g/mol. The first-order valence-electron chi connectivity index (χ1n) is 8.21. The summed E-state index contributed by atoms with van der Waals surface area (Å²) in [5.41, 5.74) is 1.36. The van der Waals surface area contributed by atoms with E-state index < -0.39 is 0 Å². The molecule has 0 bridgehead atoms. The van der Waals surface area contributed by atoms with Gasteiger partial charge in [0.25, 0.3) is 0 Å². The van der Waals surface area contributed by atoms with Crippen molar-refractivity contribution in [1.29, 1.82) is 0 Å². The lowest BCUT2D eigenvalue weighted by Crippen LogP contribution is -2.05. The van der Waals surface area contributed by atoms with Crippen molar-refractivity contribution >= 4 is 17.3 Å². The van der Waals surface area contributed by atoms with E-state index in [9.17, 15) is 19.5 Å². The van der Waals surface area contributed by atoms with E-state index in [4.69, 9.17) is 9.47 Å². The van der Waals surface area contributed by atoms with E-state index in [0.29, 0.717) is 11.1 Å². The van der Waals surface area contributed by atoms with Crippen molar-refractivity contribution < 1.29 is 29.0 Å². The first-order chi connectivity index (χ1) is 12.9. The van der Waals surface area contributed by atoms with Gasteiger partial charge in [0.05, 0.1) is 26.4 Å². The molecule has 6 heteroatoms. The van der Waals surface area contributed by atoms with Crippen LogP contribution in [0.3, 0.4) is 0 Å². The Kier molecular flexibility index (Phi) is 6.88. The minimum Gasteiger partial charge on any atom is -0.512 e. The molecule has 140 valence electrons. The van der Waals surface area contributed by atoms with E-state index in [-0.39, 0.29) is 47.5 Å². The van der Waals surface area contributed by atoms with E-state index in [1.165, 1.54) is 32.4 Å². The Bertz CT molecular complexity index is 859. The predicted octanol–water partition coefficient (Wildman–Crippen LogP) is 2.97. The van der Waals surface area contributed by atoms with Crippen LogP contribution in [0.5, 0.6) is 0 Å². The molecule has 2 aliphatic rings. The standard InChI is InChI=1S/C21H20O6/c1-26-20-11-14(5-9-18(20)24)3-7-16(22)13-17(23)8-4-15-6-10-19(25)21(12-15)27-2/h3-7,9-12,22H,8,13H2,1-2H3/b14-3-,15-4+,16-7-. The largest absolute Gasteiger partial charge is 0.512 e. The third-order valence-electron chi connectivity index (χ3n) is 3.79. The molecule has 0 aromatic rings. The highest BCUT2D eigenvalue weighted by Crippen LogP contribution is 2.16. The van der Waals surface area contributed by atoms with Gasteiger partial charge >= 0.3 is 0 Å². The smallest absolute Gasteiger partial charge is 0.220 e. The average Bonchev–Trinajstić information content (AvgIpc) is 2.66. The fraction of sp³-hybridized carbons (Fsp3) is 0.190. The first kappa shape index (κ1) is 19.9. The second-order valence-corrected chi connectivity index (χ2v) is 5.77. The van der Waals surface area contributed by atoms with Crippen LogP contribution in [0, 0.1) is 0 Å². The maximum absolute atomic E-state index is 12.0. The number of allylic oxidation sites excluding steroid dienone is 12. The molecule has 0 heterocycles. The van der Waals surface area contributed by atoms with Gasteiger partial charge in [-0.1, -0.05) is 24.3 Å². The van der Waals surface area contributed by atoms with Crippen LogP contribution in [0.25, 0.3) is 0 Å². The molecule has 0 aromatic carbocycles. The minimum atomic E-state index is -0.227. The van der Waals surface area contributed by atoms with Crippen LogP contribution in [0.1, 0.15) is 12.8 Å². The van der Waals surface area contributed by atoms with Gasteiger partial charge in [-0.2, -0.15) is 0 Å². The van der Waals surface area contributed by atoms with Crippen LogP contribution in [-0.4, -0.2) is 36.7 Å². The molecule has 0 saturated heterocycles. The number of carbonyl (C=O) groups excluding carboxylic acids is 3. The maximum Gasteiger partial charge on any atom is 0.220 e. The summed E-state index contributed by atoms with van der Waals surface area (Å²) in [6.45, 7) is 0. The van der Waals surface area contributed by atoms with Crippen molar-refractivity contribution in [3.63, 3.8) is 0 Å². The molecule has 0 aliphatic heterocycles. The highest BCUT2D eigenvalue weighted by atomic mass is 16.5. The Labute approximate surface area is 157 Å². The van der Waals surface area contributed by atoms with Crippen molar-refractivity contribution in [2.75, 3.05) is 14.2 Å². The Morgan fingerprint density at radius 2 is 1.52 bits per heavy atom. The van der Waals surface area contributed by atoms with Gasteiger partial charge in [0.1, 0.15) is 5.78 Å². The zero-order valence-electron chi connectivity index (χ0n) is 15.1. The molecule has 1 N–H and O–H groups in total. The van der Waals surface area contributed by atoms with Crippen molar-refractivity contribution in [3.05, 3.63) is 83.1 Å². The summed E-state index contributed by atoms with van der Waals surface area (Å²) in [4.78, 5) is 34.9. The number of ether oxygens (including phenoxy) is 2. The van der Waals surface area contributed by atoms with Crippen LogP contribution in [0.2, 0.25) is 0 Å². The summed E-state index contributed by atoms with van der Waals surface area (Å²) in [5.74, 6) is -0.301. The highest BCUT2D eigenvalue weighted by Gasteiger charge is 2.12. The molecule has 0 amide bonds. The summed E-state index contributed by atoms with van der Waals surface area (Å²) in [6.07, 6.45) is 13.7. The van der Waals surface area contributed by atoms with Gasteiger partial charge in [-0.25, -0.2) is 0 Å². The fourth-order valence-corrected chi connectivity index (χ4v) is 2.36. The van der Waals surface area contributed by atoms with E-state index in [1.54, 1.807) is 36.5 Å². The molecular formula is C21H20O6. The predicted molar refractivity (Wildman–Crippen MR) is 99.6 cm³/mol. The van der Waals surface area contributed by atoms with Crippen LogP contribution in [0.15, 0.2) is 83.1 Å². The fourth-order valence-electron chi connectivity index (χ4n) is 2.36. The SMILES string of the molecule is COC1=C/C(=C\C=C(/O)CC(=O)C/C=C2\C=CC(=O)C(OC)=C2)C=CC1=O. The summed E-state index contributed by atoms with van der Waals surface area (Å²) in [5, 5.41) is 9.92. The van der Waals surface area contributed by atoms with Crippen LogP contribution in [0.4, 0.5) is 0 Å². The molecule has 6 nitrogen and oxygen atoms in total. The highest BCUT2D eigenvalue weighted by molar-refractivity contribution is 6.05. The molecule has 27 heavy (non-hydrogen) atoms. The summed E-state index contributed by atoms with van der Waals surface area (Å²) < 4.78 is 9.91. The Morgan fingerprint density at radius 3 is 2.11 bits per heavy atom. The lowest BCUT2D eigenvalue weighted by molar-refractivity contribution is -0.118. The zero-order valence-corrected chi connectivity index (χ0v) is 15.1. The van der Waals surface area contributed by atoms with Gasteiger partial charge in [0.2, 0.25) is 11.6 Å². The molecule has 2 rings (SSSR count). The Hall–Kier alpha value is -3.41. The number of ketones is 3. The number of carbonyl (C=O) groups is 3. The number of methoxy groups -OCH3 is 2. The van der Waals surface area contributed by atoms with Gasteiger partial charge in [-0.15, -0.1) is 0 Å². The first-order valence-corrected chi connectivity index (χ1v) is 8.21. The lowest BCUT2D eigenvalue weighted by Gasteiger charge is -2.07. The van der Waals surface area contributed by atoms with Crippen LogP contribution in [-0.2, 0) is 23.9 Å². The third-order valence-corrected chi connectivity index (χ3v) is 3.79. The monoisotopic (exact) mass is 368 g/mol. The molecule has 0 fully saturated rings. The van der Waals surface area contributed by atoms with Crippen molar-refractivity contribution in [1.82, 2.24) is 0 Å². The van der Waals surface area contributed by atoms with Gasteiger partial charge in [0, 0.05) is 6.42 Å². The number of Topliss-reactive ketones (excluding diaryl/α,β-unsaturated/α-hetero) is 1. The minimum absolute atomic E-state index is 0.0916. The number of aliphatic hydroxyl groups excluding tert-OH is 1. The summed E-state index contributed by atoms with van der Waals surface area (Å²) >= 11 is 0. The van der Waals surface area contributed by atoms with Crippen molar-refractivity contribution in [2.24, 2.45) is 0 Å². The van der Waals surface area contributed by atoms with Gasteiger partial charge < -0.3 is 14.6 Å². The van der Waals surface area contributed by atoms with Crippen molar-refractivity contribution in [2.45, 2.75) is 12.8 Å². The molecule has 0 saturated carbocycles. The van der Waals surface area contributed by atoms with E-state index in [1.807, 2.05) is 0 Å². The summed E-state index contributed by atoms with van der Waals surface area (Å²) in [6, 6.07) is 0. The number of hydrogen-bond donors (Lipinski definition) is 1. The second kappa shape index (κ2) is 9.33. The molecule has 0 radical (unpaired) electrons. The third kappa shape index (κ3) is 5.81. The lowest BCUT2D eigenvalue weighted by atomic mass is 10.0. The number of rotatable bonds is 7. The van der Waals surface area contributed by atoms with E-state index >= 15 is 0 Å². The molecule has 0 aromatic heterocycles. The van der Waals surface area contributed by atoms with E-state index in [2.05, 4.69) is 0 Å².